The quantitative estimate of drug-likeness (QED) is 0.602. The Morgan fingerprint density at radius 3 is 2.09 bits per heavy atom. The lowest BCUT2D eigenvalue weighted by Crippen LogP contribution is -2.15. The van der Waals surface area contributed by atoms with Crippen molar-refractivity contribution < 1.29 is 18.0 Å². The Morgan fingerprint density at radius 2 is 1.74 bits per heavy atom. The standard InChI is InChI=1S/C11H9ClF3N3O.2C2H6/c1-6(3-7(2)12)10(19)18-9-5-16-8(4-17-9)11(13,14)15;2*1-2/h3-5H,2H2,1H3,(H,17,18,19);2*1-2H3/b6-3+;;. The minimum Gasteiger partial charge on any atom is -0.306 e. The van der Waals surface area contributed by atoms with E-state index in [4.69, 9.17) is 11.6 Å². The highest BCUT2D eigenvalue weighted by Gasteiger charge is 2.32. The number of allylic oxidation sites excluding steroid dienone is 2. The number of hydrogen-bond acceptors (Lipinski definition) is 3. The molecule has 4 nitrogen and oxygen atoms in total. The number of nitrogens with zero attached hydrogens (tertiary/aromatic N) is 2. The van der Waals surface area contributed by atoms with E-state index in [9.17, 15) is 18.0 Å². The normalized spacial score (nSPS) is 10.6. The maximum Gasteiger partial charge on any atom is 0.434 e. The number of amides is 1. The third-order valence-electron chi connectivity index (χ3n) is 1.92. The van der Waals surface area contributed by atoms with Crippen molar-refractivity contribution >= 4 is 23.3 Å². The average Bonchev–Trinajstić information content (AvgIpc) is 2.50. The van der Waals surface area contributed by atoms with Crippen LogP contribution in [0.25, 0.3) is 0 Å². The van der Waals surface area contributed by atoms with E-state index >= 15 is 0 Å². The molecule has 0 saturated carbocycles. The zero-order valence-corrected chi connectivity index (χ0v) is 14.5. The van der Waals surface area contributed by atoms with Gasteiger partial charge in [0.05, 0.1) is 12.4 Å². The van der Waals surface area contributed by atoms with Crippen molar-refractivity contribution in [2.24, 2.45) is 0 Å². The molecular weight excluding hydrogens is 331 g/mol. The lowest BCUT2D eigenvalue weighted by atomic mass is 10.2. The van der Waals surface area contributed by atoms with Crippen molar-refractivity contribution in [3.05, 3.63) is 41.3 Å². The summed E-state index contributed by atoms with van der Waals surface area (Å²) in [5, 5.41) is 2.44. The lowest BCUT2D eigenvalue weighted by molar-refractivity contribution is -0.141. The molecule has 1 aromatic heterocycles. The van der Waals surface area contributed by atoms with E-state index in [0.29, 0.717) is 6.20 Å². The second kappa shape index (κ2) is 11.6. The van der Waals surface area contributed by atoms with Gasteiger partial charge < -0.3 is 5.32 Å². The van der Waals surface area contributed by atoms with Gasteiger partial charge in [-0.1, -0.05) is 45.9 Å². The summed E-state index contributed by atoms with van der Waals surface area (Å²) in [6, 6.07) is 0. The first-order chi connectivity index (χ1) is 10.7. The minimum absolute atomic E-state index is 0.0917. The highest BCUT2D eigenvalue weighted by Crippen LogP contribution is 2.26. The summed E-state index contributed by atoms with van der Waals surface area (Å²) in [6.07, 6.45) is -1.89. The monoisotopic (exact) mass is 351 g/mol. The van der Waals surface area contributed by atoms with Crippen molar-refractivity contribution in [1.82, 2.24) is 9.97 Å². The molecule has 0 aliphatic carbocycles. The number of carbonyl (C=O) groups excluding carboxylic acids is 1. The van der Waals surface area contributed by atoms with E-state index < -0.39 is 17.8 Å². The number of hydrogen-bond donors (Lipinski definition) is 1. The van der Waals surface area contributed by atoms with Crippen LogP contribution < -0.4 is 5.32 Å². The van der Waals surface area contributed by atoms with Crippen molar-refractivity contribution in [3.63, 3.8) is 0 Å². The van der Waals surface area contributed by atoms with Gasteiger partial charge >= 0.3 is 6.18 Å². The molecule has 1 aromatic rings. The van der Waals surface area contributed by atoms with E-state index in [1.54, 1.807) is 0 Å². The van der Waals surface area contributed by atoms with Gasteiger partial charge in [0.15, 0.2) is 11.5 Å². The van der Waals surface area contributed by atoms with Gasteiger partial charge in [-0.3, -0.25) is 4.79 Å². The Morgan fingerprint density at radius 1 is 1.22 bits per heavy atom. The van der Waals surface area contributed by atoms with Gasteiger partial charge in [-0.05, 0) is 13.0 Å². The predicted octanol–water partition coefficient (Wildman–Crippen LogP) is 5.19. The van der Waals surface area contributed by atoms with Crippen LogP contribution in [0.1, 0.15) is 40.3 Å². The highest BCUT2D eigenvalue weighted by molar-refractivity contribution is 6.31. The van der Waals surface area contributed by atoms with E-state index in [1.165, 1.54) is 13.0 Å². The smallest absolute Gasteiger partial charge is 0.306 e. The number of halogens is 4. The molecule has 0 fully saturated rings. The molecule has 0 bridgehead atoms. The summed E-state index contributed by atoms with van der Waals surface area (Å²) >= 11 is 5.49. The first kappa shape index (κ1) is 23.4. The van der Waals surface area contributed by atoms with E-state index in [0.717, 1.165) is 6.20 Å². The molecule has 0 saturated heterocycles. The lowest BCUT2D eigenvalue weighted by Gasteiger charge is -2.07. The van der Waals surface area contributed by atoms with Gasteiger partial charge in [-0.2, -0.15) is 13.2 Å². The third kappa shape index (κ3) is 9.67. The second-order valence-corrected chi connectivity index (χ2v) is 4.00. The Labute approximate surface area is 139 Å². The first-order valence-corrected chi connectivity index (χ1v) is 7.31. The number of anilines is 1. The summed E-state index contributed by atoms with van der Waals surface area (Å²) in [4.78, 5) is 18.2. The summed E-state index contributed by atoms with van der Waals surface area (Å²) in [5.74, 6) is -0.651. The molecule has 0 atom stereocenters. The Balaban J connectivity index is 0. The topological polar surface area (TPSA) is 54.9 Å². The van der Waals surface area contributed by atoms with Gasteiger partial charge in [-0.25, -0.2) is 9.97 Å². The molecular formula is C15H21ClF3N3O. The van der Waals surface area contributed by atoms with Crippen molar-refractivity contribution in [2.45, 2.75) is 40.8 Å². The molecule has 130 valence electrons. The summed E-state index contributed by atoms with van der Waals surface area (Å²) in [6.45, 7) is 12.9. The van der Waals surface area contributed by atoms with Crippen LogP contribution in [0.2, 0.25) is 0 Å². The molecule has 8 heteroatoms. The third-order valence-corrected chi connectivity index (χ3v) is 2.02. The van der Waals surface area contributed by atoms with Gasteiger partial charge in [0.25, 0.3) is 5.91 Å². The molecule has 0 spiro atoms. The molecule has 0 unspecified atom stereocenters. The molecule has 0 aliphatic rings. The second-order valence-electron chi connectivity index (χ2n) is 3.51. The molecule has 23 heavy (non-hydrogen) atoms. The Bertz CT molecular complexity index is 526. The maximum absolute atomic E-state index is 12.2. The fraction of sp³-hybridized carbons (Fsp3) is 0.400. The van der Waals surface area contributed by atoms with Crippen LogP contribution in [-0.2, 0) is 11.0 Å². The number of alkyl halides is 3. The van der Waals surface area contributed by atoms with Crippen molar-refractivity contribution in [3.8, 4) is 0 Å². The van der Waals surface area contributed by atoms with Crippen LogP contribution >= 0.6 is 11.6 Å². The molecule has 1 amide bonds. The van der Waals surface area contributed by atoms with Crippen LogP contribution in [0.5, 0.6) is 0 Å². The molecule has 0 aliphatic heterocycles. The maximum atomic E-state index is 12.2. The molecule has 1 heterocycles. The number of aromatic nitrogens is 2. The summed E-state index contributed by atoms with van der Waals surface area (Å²) in [5.41, 5.74) is -0.895. The SMILES string of the molecule is C=C(Cl)/C=C(\C)C(=O)Nc1cnc(C(F)(F)F)cn1.CC.CC. The molecule has 1 rings (SSSR count). The summed E-state index contributed by atoms with van der Waals surface area (Å²) < 4.78 is 36.7. The van der Waals surface area contributed by atoms with Crippen LogP contribution in [0.4, 0.5) is 19.0 Å². The fourth-order valence-corrected chi connectivity index (χ4v) is 1.22. The zero-order valence-electron chi connectivity index (χ0n) is 13.8. The van der Waals surface area contributed by atoms with Gasteiger partial charge in [0.2, 0.25) is 0 Å². The highest BCUT2D eigenvalue weighted by atomic mass is 35.5. The van der Waals surface area contributed by atoms with Crippen LogP contribution in [0, 0.1) is 0 Å². The molecule has 0 radical (unpaired) electrons. The van der Waals surface area contributed by atoms with Crippen LogP contribution in [-0.4, -0.2) is 15.9 Å². The predicted molar refractivity (Wildman–Crippen MR) is 87.1 cm³/mol. The molecule has 0 aromatic carbocycles. The first-order valence-electron chi connectivity index (χ1n) is 6.93. The van der Waals surface area contributed by atoms with Crippen LogP contribution in [0.15, 0.2) is 35.7 Å². The average molecular weight is 352 g/mol. The van der Waals surface area contributed by atoms with Crippen molar-refractivity contribution in [2.75, 3.05) is 5.32 Å². The van der Waals surface area contributed by atoms with Crippen LogP contribution in [0.3, 0.4) is 0 Å². The number of rotatable bonds is 3. The largest absolute Gasteiger partial charge is 0.434 e. The molecule has 1 N–H and O–H groups in total. The zero-order chi connectivity index (χ0) is 18.6. The van der Waals surface area contributed by atoms with Gasteiger partial charge in [0.1, 0.15) is 0 Å². The Kier molecular flexibility index (Phi) is 11.8. The van der Waals surface area contributed by atoms with Gasteiger partial charge in [-0.15, -0.1) is 0 Å². The Hall–Kier alpha value is -1.89. The summed E-state index contributed by atoms with van der Waals surface area (Å²) in [7, 11) is 0. The van der Waals surface area contributed by atoms with E-state index in [1.807, 2.05) is 27.7 Å². The van der Waals surface area contributed by atoms with Crippen molar-refractivity contribution in [1.29, 1.82) is 0 Å². The minimum atomic E-state index is -4.57. The number of carbonyl (C=O) groups is 1. The van der Waals surface area contributed by atoms with Gasteiger partial charge in [0, 0.05) is 10.6 Å². The van der Waals surface area contributed by atoms with E-state index in [2.05, 4.69) is 21.9 Å². The number of nitrogens with one attached hydrogen (secondary N) is 1. The fourth-order valence-electron chi connectivity index (χ4n) is 1.05. The van der Waals surface area contributed by atoms with E-state index in [-0.39, 0.29) is 16.4 Å².